The molecule has 0 saturated carbocycles. The third-order valence-electron chi connectivity index (χ3n) is 4.35. The fraction of sp³-hybridized carbons (Fsp3) is 0.381. The van der Waals surface area contributed by atoms with Crippen molar-refractivity contribution in [2.75, 3.05) is 23.3 Å². The Morgan fingerprint density at radius 1 is 1.19 bits per heavy atom. The first-order valence-electron chi connectivity index (χ1n) is 8.99. The van der Waals surface area contributed by atoms with Crippen LogP contribution in [0.1, 0.15) is 31.9 Å². The highest BCUT2D eigenvalue weighted by atomic mass is 19.1. The Balaban J connectivity index is 1.67. The number of nitrogens with zero attached hydrogens (tertiary/aromatic N) is 2. The number of hydrogen-bond donors (Lipinski definition) is 2. The number of rotatable bonds is 4. The molecule has 0 radical (unpaired) electrons. The molecule has 0 bridgehead atoms. The number of aliphatic imine (C=N–C) groups is 1. The van der Waals surface area contributed by atoms with Gasteiger partial charge in [0.05, 0.1) is 0 Å². The first-order chi connectivity index (χ1) is 12.3. The van der Waals surface area contributed by atoms with E-state index in [-0.39, 0.29) is 11.2 Å². The minimum Gasteiger partial charge on any atom is -0.370 e. The van der Waals surface area contributed by atoms with Gasteiger partial charge in [0.1, 0.15) is 5.82 Å². The van der Waals surface area contributed by atoms with Gasteiger partial charge in [-0.2, -0.15) is 0 Å². The Kier molecular flexibility index (Phi) is 5.16. The smallest absolute Gasteiger partial charge is 0.193 e. The van der Waals surface area contributed by atoms with Gasteiger partial charge in [-0.25, -0.2) is 4.39 Å². The lowest BCUT2D eigenvalue weighted by atomic mass is 9.97. The van der Waals surface area contributed by atoms with Crippen LogP contribution in [0.2, 0.25) is 0 Å². The van der Waals surface area contributed by atoms with E-state index in [4.69, 9.17) is 5.73 Å². The molecule has 26 heavy (non-hydrogen) atoms. The van der Waals surface area contributed by atoms with Crippen molar-refractivity contribution in [2.45, 2.75) is 33.7 Å². The minimum absolute atomic E-state index is 0.116. The Morgan fingerprint density at radius 2 is 1.92 bits per heavy atom. The van der Waals surface area contributed by atoms with Crippen molar-refractivity contribution >= 4 is 17.3 Å². The van der Waals surface area contributed by atoms with Gasteiger partial charge in [0.15, 0.2) is 5.96 Å². The van der Waals surface area contributed by atoms with E-state index < -0.39 is 0 Å². The third kappa shape index (κ3) is 4.75. The van der Waals surface area contributed by atoms with Crippen molar-refractivity contribution in [1.82, 2.24) is 0 Å². The molecule has 3 N–H and O–H groups in total. The second-order valence-electron chi connectivity index (χ2n) is 8.03. The van der Waals surface area contributed by atoms with Crippen molar-refractivity contribution < 1.29 is 4.39 Å². The summed E-state index contributed by atoms with van der Waals surface area (Å²) in [4.78, 5) is 6.73. The summed E-state index contributed by atoms with van der Waals surface area (Å²) in [5.41, 5.74) is 10.7. The van der Waals surface area contributed by atoms with Crippen molar-refractivity contribution in [3.05, 3.63) is 59.4 Å². The number of nitrogens with two attached hydrogens (primary N) is 1. The molecule has 2 aromatic carbocycles. The van der Waals surface area contributed by atoms with Gasteiger partial charge in [-0.15, -0.1) is 0 Å². The maximum absolute atomic E-state index is 13.1. The van der Waals surface area contributed by atoms with Crippen LogP contribution in [-0.2, 0) is 13.0 Å². The number of anilines is 2. The Bertz CT molecular complexity index is 791. The average molecular weight is 354 g/mol. The lowest BCUT2D eigenvalue weighted by Crippen LogP contribution is -2.25. The number of hydrogen-bond acceptors (Lipinski definition) is 2. The number of guanidine groups is 1. The molecule has 0 amide bonds. The number of nitrogens with one attached hydrogen (secondary N) is 1. The zero-order valence-electron chi connectivity index (χ0n) is 15.7. The fourth-order valence-corrected chi connectivity index (χ4v) is 3.03. The van der Waals surface area contributed by atoms with E-state index in [9.17, 15) is 4.39 Å². The van der Waals surface area contributed by atoms with E-state index in [1.807, 2.05) is 18.2 Å². The van der Waals surface area contributed by atoms with Gasteiger partial charge < -0.3 is 16.0 Å². The third-order valence-corrected chi connectivity index (χ3v) is 4.35. The van der Waals surface area contributed by atoms with Crippen molar-refractivity contribution in [3.63, 3.8) is 0 Å². The summed E-state index contributed by atoms with van der Waals surface area (Å²) in [6.45, 7) is 8.83. The van der Waals surface area contributed by atoms with Gasteiger partial charge in [-0.1, -0.05) is 32.9 Å². The van der Waals surface area contributed by atoms with Crippen LogP contribution in [0.15, 0.2) is 47.5 Å². The molecule has 0 atom stereocenters. The number of fused-ring (bicyclic) bond motifs is 1. The van der Waals surface area contributed by atoms with Gasteiger partial charge in [-0.3, -0.25) is 4.99 Å². The molecule has 138 valence electrons. The second kappa shape index (κ2) is 7.36. The van der Waals surface area contributed by atoms with Gasteiger partial charge >= 0.3 is 0 Å². The zero-order valence-corrected chi connectivity index (χ0v) is 15.7. The highest BCUT2D eigenvalue weighted by Crippen LogP contribution is 2.31. The highest BCUT2D eigenvalue weighted by Gasteiger charge is 2.19. The topological polar surface area (TPSA) is 53.6 Å². The first-order valence-corrected chi connectivity index (χ1v) is 8.99. The molecular weight excluding hydrogens is 327 g/mol. The molecule has 4 nitrogen and oxygen atoms in total. The summed E-state index contributed by atoms with van der Waals surface area (Å²) >= 11 is 0. The van der Waals surface area contributed by atoms with Gasteiger partial charge in [0.2, 0.25) is 0 Å². The summed E-state index contributed by atoms with van der Waals surface area (Å²) in [6, 6.07) is 13.0. The summed E-state index contributed by atoms with van der Waals surface area (Å²) in [5, 5.41) is 3.18. The molecule has 0 fully saturated rings. The predicted molar refractivity (Wildman–Crippen MR) is 107 cm³/mol. The maximum atomic E-state index is 13.1. The summed E-state index contributed by atoms with van der Waals surface area (Å²) in [7, 11) is 0. The van der Waals surface area contributed by atoms with Crippen LogP contribution in [0.3, 0.4) is 0 Å². The quantitative estimate of drug-likeness (QED) is 0.640. The molecule has 1 heterocycles. The van der Waals surface area contributed by atoms with Crippen LogP contribution in [0.25, 0.3) is 0 Å². The maximum Gasteiger partial charge on any atom is 0.193 e. The lowest BCUT2D eigenvalue weighted by molar-refractivity contribution is 0.429. The Morgan fingerprint density at radius 3 is 2.62 bits per heavy atom. The molecule has 5 heteroatoms. The standard InChI is InChI=1S/C21H27FN4/c1-21(2,3)14-24-20(23)25-18-8-9-19-16(12-18)10-11-26(19)13-15-4-6-17(22)7-5-15/h4-9,12H,10-11,13-14H2,1-3H3,(H3,23,24,25). The van der Waals surface area contributed by atoms with Crippen molar-refractivity contribution in [3.8, 4) is 0 Å². The Hall–Kier alpha value is -2.56. The molecule has 0 unspecified atom stereocenters. The first kappa shape index (κ1) is 18.2. The molecule has 0 saturated heterocycles. The van der Waals surface area contributed by atoms with Crippen LogP contribution in [0.5, 0.6) is 0 Å². The molecule has 0 aliphatic carbocycles. The highest BCUT2D eigenvalue weighted by molar-refractivity contribution is 5.92. The monoisotopic (exact) mass is 354 g/mol. The molecule has 3 rings (SSSR count). The van der Waals surface area contributed by atoms with Gasteiger partial charge in [-0.05, 0) is 53.3 Å². The molecule has 1 aliphatic heterocycles. The summed E-state index contributed by atoms with van der Waals surface area (Å²) < 4.78 is 13.1. The summed E-state index contributed by atoms with van der Waals surface area (Å²) in [6.07, 6.45) is 0.991. The molecule has 0 spiro atoms. The van der Waals surface area contributed by atoms with E-state index in [0.29, 0.717) is 12.5 Å². The van der Waals surface area contributed by atoms with E-state index in [0.717, 1.165) is 30.8 Å². The molecule has 1 aliphatic rings. The van der Waals surface area contributed by atoms with E-state index >= 15 is 0 Å². The normalized spacial score (nSPS) is 14.5. The van der Waals surface area contributed by atoms with Crippen molar-refractivity contribution in [2.24, 2.45) is 16.1 Å². The van der Waals surface area contributed by atoms with Crippen LogP contribution < -0.4 is 16.0 Å². The number of benzene rings is 2. The van der Waals surface area contributed by atoms with Crippen LogP contribution in [-0.4, -0.2) is 19.0 Å². The second-order valence-corrected chi connectivity index (χ2v) is 8.03. The van der Waals surface area contributed by atoms with E-state index in [1.54, 1.807) is 0 Å². The Labute approximate surface area is 154 Å². The SMILES string of the molecule is CC(C)(C)CN=C(N)Nc1ccc2c(c1)CCN2Cc1ccc(F)cc1. The minimum atomic E-state index is -0.197. The largest absolute Gasteiger partial charge is 0.370 e. The molecule has 0 aromatic heterocycles. The van der Waals surface area contributed by atoms with Gasteiger partial charge in [0.25, 0.3) is 0 Å². The summed E-state index contributed by atoms with van der Waals surface area (Å²) in [5.74, 6) is 0.248. The van der Waals surface area contributed by atoms with Crippen LogP contribution in [0.4, 0.5) is 15.8 Å². The fourth-order valence-electron chi connectivity index (χ4n) is 3.03. The predicted octanol–water partition coefficient (Wildman–Crippen LogP) is 4.16. The lowest BCUT2D eigenvalue weighted by Gasteiger charge is -2.20. The van der Waals surface area contributed by atoms with Crippen molar-refractivity contribution in [1.29, 1.82) is 0 Å². The van der Waals surface area contributed by atoms with E-state index in [2.05, 4.69) is 48.1 Å². The molecule has 2 aromatic rings. The number of halogens is 1. The zero-order chi connectivity index (χ0) is 18.7. The average Bonchev–Trinajstić information content (AvgIpc) is 2.97. The van der Waals surface area contributed by atoms with Crippen LogP contribution >= 0.6 is 0 Å². The van der Waals surface area contributed by atoms with E-state index in [1.165, 1.54) is 23.4 Å². The van der Waals surface area contributed by atoms with Crippen LogP contribution in [0, 0.1) is 11.2 Å². The van der Waals surface area contributed by atoms with Gasteiger partial charge in [0, 0.05) is 31.0 Å². The molecular formula is C21H27FN4.